The number of amides is 3. The maximum absolute atomic E-state index is 14.1. The van der Waals surface area contributed by atoms with Gasteiger partial charge in [-0.15, -0.1) is 0 Å². The lowest BCUT2D eigenvalue weighted by Gasteiger charge is -2.27. The topological polar surface area (TPSA) is 233 Å². The molecule has 3 amide bonds. The molecule has 0 unspecified atom stereocenters. The second-order valence-electron chi connectivity index (χ2n) is 14.9. The quantitative estimate of drug-likeness (QED) is 0.129. The fraction of sp³-hybridized carbons (Fsp3) is 0.149. The van der Waals surface area contributed by atoms with Gasteiger partial charge in [0.2, 0.25) is 19.7 Å². The molecule has 9 rings (SSSR count). The number of carbonyl (C=O) groups is 3. The number of fused-ring (bicyclic) bond motifs is 2. The van der Waals surface area contributed by atoms with E-state index in [1.54, 1.807) is 71.9 Å². The summed E-state index contributed by atoms with van der Waals surface area (Å²) in [6, 6.07) is 26.7. The summed E-state index contributed by atoms with van der Waals surface area (Å²) in [5.41, 5.74) is 3.22. The number of benzene rings is 4. The second kappa shape index (κ2) is 19.7. The van der Waals surface area contributed by atoms with Crippen LogP contribution in [0, 0.1) is 5.82 Å². The standard InChI is InChI=1S/C25H23N5O5S.C22H17FN2O5S/c31-24(20-12-19-16-28-29-23(19)26-15-20)27-14-17-4-6-21(7-5-17)36(33,34)22-3-1-2-18(13-22)25(32)30-8-10-35-11-9-30;1-29-16-4-7-18(23)21(11-16)31(27,28)17-5-2-14(3-6-17)12-25-22(26)19-10-15-8-9-24-13-20(15)30-19/h1-7,12-13,15-16H,8-11,14H2,(H,27,31)(H,26,28,29);2-11,13H,12H2,1H3,(H,25,26). The van der Waals surface area contributed by atoms with Crippen molar-refractivity contribution < 1.29 is 49.5 Å². The molecule has 20 heteroatoms. The molecule has 17 nitrogen and oxygen atoms in total. The molecule has 3 N–H and O–H groups in total. The van der Waals surface area contributed by atoms with Crippen molar-refractivity contribution in [3.8, 4) is 5.75 Å². The highest BCUT2D eigenvalue weighted by atomic mass is 32.2. The molecule has 4 aromatic heterocycles. The van der Waals surface area contributed by atoms with Crippen LogP contribution in [0.2, 0.25) is 0 Å². The molecule has 0 radical (unpaired) electrons. The van der Waals surface area contributed by atoms with Crippen LogP contribution >= 0.6 is 0 Å². The molecular formula is C47H40FN7O10S2. The van der Waals surface area contributed by atoms with Gasteiger partial charge in [-0.1, -0.05) is 30.3 Å². The first-order chi connectivity index (χ1) is 32.3. The molecule has 0 spiro atoms. The molecule has 67 heavy (non-hydrogen) atoms. The van der Waals surface area contributed by atoms with Crippen LogP contribution in [0.3, 0.4) is 0 Å². The van der Waals surface area contributed by atoms with Crippen molar-refractivity contribution in [3.63, 3.8) is 0 Å². The minimum atomic E-state index is -4.07. The number of nitrogens with one attached hydrogen (secondary N) is 3. The summed E-state index contributed by atoms with van der Waals surface area (Å²) in [6.07, 6.45) is 6.18. The van der Waals surface area contributed by atoms with Crippen molar-refractivity contribution in [1.82, 2.24) is 35.7 Å². The number of hydrogen-bond donors (Lipinski definition) is 3. The summed E-state index contributed by atoms with van der Waals surface area (Å²) in [5, 5.41) is 13.6. The summed E-state index contributed by atoms with van der Waals surface area (Å²) in [7, 11) is -6.53. The smallest absolute Gasteiger partial charge is 0.287 e. The first kappa shape index (κ1) is 45.7. The van der Waals surface area contributed by atoms with E-state index in [-0.39, 0.29) is 51.1 Å². The maximum Gasteiger partial charge on any atom is 0.287 e. The average Bonchev–Trinajstić information content (AvgIpc) is 4.03. The van der Waals surface area contributed by atoms with Gasteiger partial charge in [0.25, 0.3) is 17.7 Å². The van der Waals surface area contributed by atoms with Crippen molar-refractivity contribution in [1.29, 1.82) is 0 Å². The fourth-order valence-corrected chi connectivity index (χ4v) is 9.56. The zero-order valence-corrected chi connectivity index (χ0v) is 37.1. The molecule has 342 valence electrons. The highest BCUT2D eigenvalue weighted by molar-refractivity contribution is 7.91. The molecule has 0 saturated carbocycles. The van der Waals surface area contributed by atoms with Crippen LogP contribution in [0.5, 0.6) is 5.75 Å². The predicted octanol–water partition coefficient (Wildman–Crippen LogP) is 5.93. The number of aromatic nitrogens is 4. The minimum Gasteiger partial charge on any atom is -0.497 e. The molecule has 1 aliphatic rings. The van der Waals surface area contributed by atoms with Gasteiger partial charge in [-0.25, -0.2) is 26.2 Å². The number of hydrogen-bond acceptors (Lipinski definition) is 13. The van der Waals surface area contributed by atoms with Crippen molar-refractivity contribution in [2.24, 2.45) is 0 Å². The number of sulfone groups is 2. The van der Waals surface area contributed by atoms with E-state index in [1.165, 1.54) is 62.0 Å². The highest BCUT2D eigenvalue weighted by Gasteiger charge is 2.24. The molecule has 0 aliphatic carbocycles. The second-order valence-corrected chi connectivity index (χ2v) is 18.8. The molecule has 1 saturated heterocycles. The van der Waals surface area contributed by atoms with E-state index in [0.717, 1.165) is 28.5 Å². The monoisotopic (exact) mass is 945 g/mol. The lowest BCUT2D eigenvalue weighted by Crippen LogP contribution is -2.40. The fourth-order valence-electron chi connectivity index (χ4n) is 6.91. The third kappa shape index (κ3) is 10.4. The Hall–Kier alpha value is -7.81. The lowest BCUT2D eigenvalue weighted by atomic mass is 10.2. The zero-order chi connectivity index (χ0) is 47.1. The van der Waals surface area contributed by atoms with Crippen LogP contribution in [-0.2, 0) is 37.5 Å². The van der Waals surface area contributed by atoms with Crippen LogP contribution in [0.1, 0.15) is 42.4 Å². The molecule has 8 aromatic rings. The van der Waals surface area contributed by atoms with E-state index >= 15 is 0 Å². The number of H-pyrrole nitrogens is 1. The Labute approximate surface area is 382 Å². The summed E-state index contributed by atoms with van der Waals surface area (Å²) >= 11 is 0. The SMILES string of the molecule is COc1ccc(F)c(S(=O)(=O)c2ccc(CNC(=O)c3cc4ccncc4o3)cc2)c1.O=C(NCc1ccc(S(=O)(=O)c2cccc(C(=O)N3CCOCC3)c2)cc1)c1cnc2[nH]ncc2c1. The maximum atomic E-state index is 14.1. The van der Waals surface area contributed by atoms with Gasteiger partial charge in [-0.05, 0) is 83.9 Å². The van der Waals surface area contributed by atoms with Crippen LogP contribution in [0.4, 0.5) is 4.39 Å². The van der Waals surface area contributed by atoms with Crippen molar-refractivity contribution in [3.05, 3.63) is 168 Å². The van der Waals surface area contributed by atoms with Gasteiger partial charge in [-0.3, -0.25) is 24.5 Å². The Bertz CT molecular complexity index is 3300. The molecular weight excluding hydrogens is 906 g/mol. The van der Waals surface area contributed by atoms with Crippen molar-refractivity contribution in [2.45, 2.75) is 32.7 Å². The Kier molecular flexibility index (Phi) is 13.5. The van der Waals surface area contributed by atoms with Gasteiger partial charge in [0.1, 0.15) is 16.5 Å². The Morgan fingerprint density at radius 3 is 2.10 bits per heavy atom. The molecule has 0 bridgehead atoms. The van der Waals surface area contributed by atoms with Gasteiger partial charge in [0, 0.05) is 61.0 Å². The highest BCUT2D eigenvalue weighted by Crippen LogP contribution is 2.28. The first-order valence-electron chi connectivity index (χ1n) is 20.5. The minimum absolute atomic E-state index is 0.0461. The summed E-state index contributed by atoms with van der Waals surface area (Å²) in [6.45, 7) is 2.25. The van der Waals surface area contributed by atoms with E-state index in [4.69, 9.17) is 13.9 Å². The van der Waals surface area contributed by atoms with E-state index < -0.39 is 36.3 Å². The van der Waals surface area contributed by atoms with Crippen molar-refractivity contribution in [2.75, 3.05) is 33.4 Å². The number of morpholine rings is 1. The van der Waals surface area contributed by atoms with Gasteiger partial charge in [0.15, 0.2) is 17.0 Å². The zero-order valence-electron chi connectivity index (χ0n) is 35.5. The average molecular weight is 946 g/mol. The lowest BCUT2D eigenvalue weighted by molar-refractivity contribution is 0.0302. The third-order valence-corrected chi connectivity index (χ3v) is 14.1. The number of pyridine rings is 2. The molecule has 5 heterocycles. The number of nitrogens with zero attached hydrogens (tertiary/aromatic N) is 4. The largest absolute Gasteiger partial charge is 0.497 e. The summed E-state index contributed by atoms with van der Waals surface area (Å²) in [4.78, 5) is 46.9. The van der Waals surface area contributed by atoms with E-state index in [0.29, 0.717) is 54.2 Å². The number of halogens is 1. The first-order valence-corrected chi connectivity index (χ1v) is 23.4. The number of furan rings is 1. The van der Waals surface area contributed by atoms with Gasteiger partial charge in [0.05, 0.1) is 53.0 Å². The van der Waals surface area contributed by atoms with Crippen LogP contribution in [0.15, 0.2) is 158 Å². The van der Waals surface area contributed by atoms with E-state index in [2.05, 4.69) is 30.8 Å². The molecule has 4 aromatic carbocycles. The number of aromatic amines is 1. The van der Waals surface area contributed by atoms with Gasteiger partial charge >= 0.3 is 0 Å². The predicted molar refractivity (Wildman–Crippen MR) is 240 cm³/mol. The van der Waals surface area contributed by atoms with Gasteiger partial charge in [-0.2, -0.15) is 5.10 Å². The molecule has 1 fully saturated rings. The van der Waals surface area contributed by atoms with E-state index in [9.17, 15) is 35.6 Å². The number of rotatable bonds is 12. The van der Waals surface area contributed by atoms with E-state index in [1.807, 2.05) is 0 Å². The molecule has 1 aliphatic heterocycles. The van der Waals surface area contributed by atoms with Gasteiger partial charge < -0.3 is 29.4 Å². The molecule has 0 atom stereocenters. The number of carbonyl (C=O) groups excluding carboxylic acids is 3. The van der Waals surface area contributed by atoms with Crippen LogP contribution in [0.25, 0.3) is 22.0 Å². The van der Waals surface area contributed by atoms with Crippen molar-refractivity contribution >= 4 is 59.4 Å². The normalized spacial score (nSPS) is 12.8. The summed E-state index contributed by atoms with van der Waals surface area (Å²) in [5.74, 6) is -1.41. The number of methoxy groups -OCH3 is 1. The Balaban J connectivity index is 0.000000184. The Morgan fingerprint density at radius 1 is 0.731 bits per heavy atom. The summed E-state index contributed by atoms with van der Waals surface area (Å²) < 4.78 is 81.8. The number of ether oxygens (including phenoxy) is 2. The Morgan fingerprint density at radius 2 is 1.42 bits per heavy atom. The van der Waals surface area contributed by atoms with Crippen LogP contribution in [-0.4, -0.2) is 93.0 Å². The third-order valence-electron chi connectivity index (χ3n) is 10.6. The van der Waals surface area contributed by atoms with Crippen LogP contribution < -0.4 is 15.4 Å².